The maximum atomic E-state index is 13.3. The molecule has 0 amide bonds. The van der Waals surface area contributed by atoms with Crippen LogP contribution in [-0.4, -0.2) is 14.8 Å². The highest BCUT2D eigenvalue weighted by molar-refractivity contribution is 7.53. The topological polar surface area (TPSA) is 82.5 Å². The van der Waals surface area contributed by atoms with E-state index in [2.05, 4.69) is 5.32 Å². The van der Waals surface area contributed by atoms with Gasteiger partial charge in [-0.05, 0) is 36.2 Å². The molecule has 0 spiro atoms. The molecule has 31 heavy (non-hydrogen) atoms. The van der Waals surface area contributed by atoms with Crippen molar-refractivity contribution in [2.75, 3.05) is 5.32 Å². The Balaban J connectivity index is 2.09. The van der Waals surface area contributed by atoms with Gasteiger partial charge in [0.05, 0.1) is 5.69 Å². The van der Waals surface area contributed by atoms with Crippen LogP contribution in [0.4, 0.5) is 5.69 Å². The molecule has 1 aromatic heterocycles. The van der Waals surface area contributed by atoms with Crippen LogP contribution >= 0.6 is 7.60 Å². The Bertz CT molecular complexity index is 1210. The molecule has 4 aromatic rings. The summed E-state index contributed by atoms with van der Waals surface area (Å²) < 4.78 is 13.3. The van der Waals surface area contributed by atoms with Gasteiger partial charge in [-0.2, -0.15) is 0 Å². The molecule has 4 rings (SSSR count). The Morgan fingerprint density at radius 1 is 0.774 bits per heavy atom. The van der Waals surface area contributed by atoms with E-state index in [0.717, 1.165) is 5.56 Å². The second-order valence-corrected chi connectivity index (χ2v) is 9.09. The zero-order valence-electron chi connectivity index (χ0n) is 17.0. The van der Waals surface area contributed by atoms with Crippen LogP contribution in [0.25, 0.3) is 11.1 Å². The third-order valence-corrected chi connectivity index (χ3v) is 6.65. The number of nitrogens with one attached hydrogen (secondary N) is 1. The number of rotatable bonds is 6. The van der Waals surface area contributed by atoms with Crippen molar-refractivity contribution in [2.45, 2.75) is 12.2 Å². The van der Waals surface area contributed by atoms with Crippen LogP contribution < -0.4 is 5.32 Å². The summed E-state index contributed by atoms with van der Waals surface area (Å²) in [5, 5.41) is 1.29. The number of nitrogens with zero attached hydrogens (tertiary/aromatic N) is 1. The van der Waals surface area contributed by atoms with Crippen LogP contribution in [-0.2, 0) is 9.85 Å². The fourth-order valence-electron chi connectivity index (χ4n) is 3.74. The molecule has 156 valence electrons. The minimum atomic E-state index is -4.86. The zero-order chi connectivity index (χ0) is 21.9. The van der Waals surface area contributed by atoms with E-state index in [1.807, 2.05) is 73.7 Å². The number of aromatic nitrogens is 1. The predicted molar refractivity (Wildman–Crippen MR) is 124 cm³/mol. The number of anilines is 1. The highest BCUT2D eigenvalue weighted by atomic mass is 31.2. The highest BCUT2D eigenvalue weighted by Crippen LogP contribution is 2.61. The molecule has 0 aliphatic rings. The molecule has 0 radical (unpaired) electrons. The smallest absolute Gasteiger partial charge is 0.360 e. The largest absolute Gasteiger partial charge is 0.361 e. The Morgan fingerprint density at radius 3 is 1.90 bits per heavy atom. The van der Waals surface area contributed by atoms with E-state index >= 15 is 0 Å². The molecule has 0 aliphatic heterocycles. The highest BCUT2D eigenvalue weighted by Gasteiger charge is 2.53. The normalized spacial score (nSPS) is 13.4. The molecule has 0 saturated carbocycles. The lowest BCUT2D eigenvalue weighted by atomic mass is 9.94. The number of para-hydroxylation sites is 1. The summed E-state index contributed by atoms with van der Waals surface area (Å²) in [6.45, 7) is 1.82. The summed E-state index contributed by atoms with van der Waals surface area (Å²) >= 11 is 0. The fraction of sp³-hybridized carbons (Fsp3) is 0.0800. The lowest BCUT2D eigenvalue weighted by molar-refractivity contribution is 0.345. The fourth-order valence-corrected chi connectivity index (χ4v) is 4.95. The molecule has 0 saturated heterocycles. The van der Waals surface area contributed by atoms with Crippen molar-refractivity contribution in [3.05, 3.63) is 120 Å². The molecule has 3 N–H and O–H groups in total. The van der Waals surface area contributed by atoms with Gasteiger partial charge in [0.2, 0.25) is 5.28 Å². The second kappa shape index (κ2) is 8.48. The first-order chi connectivity index (χ1) is 14.9. The van der Waals surface area contributed by atoms with E-state index in [9.17, 15) is 14.4 Å². The van der Waals surface area contributed by atoms with Crippen molar-refractivity contribution in [3.63, 3.8) is 0 Å². The molecule has 3 aromatic carbocycles. The quantitative estimate of drug-likeness (QED) is 0.350. The molecule has 1 unspecified atom stereocenters. The molecule has 5 nitrogen and oxygen atoms in total. The Hall–Kier alpha value is -3.24. The van der Waals surface area contributed by atoms with Crippen LogP contribution in [0.2, 0.25) is 0 Å². The number of pyridine rings is 1. The number of hydrogen-bond donors (Lipinski definition) is 3. The van der Waals surface area contributed by atoms with Crippen molar-refractivity contribution in [1.82, 2.24) is 4.98 Å². The van der Waals surface area contributed by atoms with Gasteiger partial charge >= 0.3 is 7.60 Å². The first kappa shape index (κ1) is 21.0. The third-order valence-electron chi connectivity index (χ3n) is 5.19. The van der Waals surface area contributed by atoms with Crippen molar-refractivity contribution < 1.29 is 14.4 Å². The van der Waals surface area contributed by atoms with Crippen molar-refractivity contribution in [1.29, 1.82) is 0 Å². The van der Waals surface area contributed by atoms with Crippen LogP contribution in [0.5, 0.6) is 0 Å². The van der Waals surface area contributed by atoms with E-state index in [-0.39, 0.29) is 5.69 Å². The molecule has 1 heterocycles. The van der Waals surface area contributed by atoms with E-state index in [0.29, 0.717) is 22.5 Å². The van der Waals surface area contributed by atoms with Gasteiger partial charge in [-0.1, -0.05) is 84.9 Å². The van der Waals surface area contributed by atoms with Gasteiger partial charge in [0.25, 0.3) is 0 Å². The SMILES string of the molecule is Cc1ccc(-c2ccccc2)c(C(Nc2ccccc2)(c2ccccc2)P(=O)(O)O)n1. The minimum absolute atomic E-state index is 0.280. The standard InChI is InChI=1S/C25H23N2O3P/c1-19-17-18-23(20-11-5-2-6-12-20)24(26-19)25(31(28,29)30,21-13-7-3-8-14-21)27-22-15-9-4-10-16-22/h2-18,27H,1H3,(H2,28,29,30). The van der Waals surface area contributed by atoms with Gasteiger partial charge in [0.15, 0.2) is 0 Å². The van der Waals surface area contributed by atoms with Gasteiger partial charge in [0, 0.05) is 16.9 Å². The summed E-state index contributed by atoms with van der Waals surface area (Å²) in [6.07, 6.45) is 0. The number of aryl methyl sites for hydroxylation is 1. The zero-order valence-corrected chi connectivity index (χ0v) is 17.9. The maximum absolute atomic E-state index is 13.3. The summed E-state index contributed by atoms with van der Waals surface area (Å²) in [4.78, 5) is 26.4. The molecule has 0 bridgehead atoms. The summed E-state index contributed by atoms with van der Waals surface area (Å²) in [6, 6.07) is 31.1. The minimum Gasteiger partial charge on any atom is -0.360 e. The summed E-state index contributed by atoms with van der Waals surface area (Å²) in [5.41, 5.74) is 3.44. The molecule has 1 atom stereocenters. The van der Waals surface area contributed by atoms with Crippen molar-refractivity contribution >= 4 is 13.3 Å². The average Bonchev–Trinajstić information content (AvgIpc) is 2.78. The number of benzene rings is 3. The van der Waals surface area contributed by atoms with Gasteiger partial charge in [-0.3, -0.25) is 9.55 Å². The average molecular weight is 430 g/mol. The van der Waals surface area contributed by atoms with Crippen molar-refractivity contribution in [3.8, 4) is 11.1 Å². The van der Waals surface area contributed by atoms with Gasteiger partial charge < -0.3 is 15.1 Å². The number of hydrogen-bond acceptors (Lipinski definition) is 3. The Kier molecular flexibility index (Phi) is 5.75. The molecule has 0 fully saturated rings. The Labute approximate surface area is 181 Å². The molecule has 6 heteroatoms. The summed E-state index contributed by atoms with van der Waals surface area (Å²) in [5.74, 6) is 0. The predicted octanol–water partition coefficient (Wildman–Crippen LogP) is 5.55. The monoisotopic (exact) mass is 430 g/mol. The molecular weight excluding hydrogens is 407 g/mol. The third kappa shape index (κ3) is 4.04. The van der Waals surface area contributed by atoms with E-state index in [1.54, 1.807) is 36.4 Å². The van der Waals surface area contributed by atoms with Crippen LogP contribution in [0, 0.1) is 6.92 Å². The second-order valence-electron chi connectivity index (χ2n) is 7.33. The molecule has 0 aliphatic carbocycles. The first-order valence-electron chi connectivity index (χ1n) is 9.90. The van der Waals surface area contributed by atoms with E-state index in [4.69, 9.17) is 4.98 Å². The van der Waals surface area contributed by atoms with Crippen LogP contribution in [0.1, 0.15) is 17.0 Å². The van der Waals surface area contributed by atoms with Crippen LogP contribution in [0.3, 0.4) is 0 Å². The van der Waals surface area contributed by atoms with Gasteiger partial charge in [-0.15, -0.1) is 0 Å². The van der Waals surface area contributed by atoms with Gasteiger partial charge in [-0.25, -0.2) is 0 Å². The van der Waals surface area contributed by atoms with Gasteiger partial charge in [0.1, 0.15) is 0 Å². The van der Waals surface area contributed by atoms with Crippen molar-refractivity contribution in [2.24, 2.45) is 0 Å². The Morgan fingerprint density at radius 2 is 1.32 bits per heavy atom. The lowest BCUT2D eigenvalue weighted by Crippen LogP contribution is -2.38. The lowest BCUT2D eigenvalue weighted by Gasteiger charge is -2.37. The maximum Gasteiger partial charge on any atom is 0.361 e. The summed E-state index contributed by atoms with van der Waals surface area (Å²) in [7, 11) is -4.86. The first-order valence-corrected chi connectivity index (χ1v) is 11.5. The molecular formula is C25H23N2O3P. The van der Waals surface area contributed by atoms with E-state index in [1.165, 1.54) is 0 Å². The van der Waals surface area contributed by atoms with E-state index < -0.39 is 12.9 Å². The van der Waals surface area contributed by atoms with Crippen LogP contribution in [0.15, 0.2) is 103 Å².